The van der Waals surface area contributed by atoms with E-state index in [2.05, 4.69) is 64.1 Å². The molecule has 0 aromatic heterocycles. The highest BCUT2D eigenvalue weighted by molar-refractivity contribution is 6.03. The Morgan fingerprint density at radius 1 is 0.806 bits per heavy atom. The second kappa shape index (κ2) is 10.8. The molecule has 1 unspecified atom stereocenters. The molecular formula is C30H28N4O2. The largest absolute Gasteiger partial charge is 0.497 e. The second-order valence-electron chi connectivity index (χ2n) is 8.44. The molecule has 1 N–H and O–H groups in total. The van der Waals surface area contributed by atoms with Crippen LogP contribution in [-0.4, -0.2) is 26.1 Å². The van der Waals surface area contributed by atoms with E-state index in [1.165, 1.54) is 5.56 Å². The number of rotatable bonds is 8. The van der Waals surface area contributed by atoms with Gasteiger partial charge >= 0.3 is 0 Å². The molecule has 5 rings (SSSR count). The van der Waals surface area contributed by atoms with Crippen LogP contribution in [0.5, 0.6) is 11.5 Å². The van der Waals surface area contributed by atoms with Crippen molar-refractivity contribution in [1.29, 1.82) is 0 Å². The lowest BCUT2D eigenvalue weighted by Gasteiger charge is -2.24. The van der Waals surface area contributed by atoms with Gasteiger partial charge in [0.05, 0.1) is 43.6 Å². The molecule has 0 radical (unpaired) electrons. The third-order valence-corrected chi connectivity index (χ3v) is 6.17. The number of hydrogen-bond donors (Lipinski definition) is 1. The lowest BCUT2D eigenvalue weighted by atomic mass is 9.98. The summed E-state index contributed by atoms with van der Waals surface area (Å²) < 4.78 is 10.7. The van der Waals surface area contributed by atoms with E-state index in [4.69, 9.17) is 14.6 Å². The van der Waals surface area contributed by atoms with Crippen LogP contribution >= 0.6 is 0 Å². The number of benzene rings is 4. The van der Waals surface area contributed by atoms with Crippen LogP contribution in [0, 0.1) is 0 Å². The molecule has 0 spiro atoms. The van der Waals surface area contributed by atoms with Gasteiger partial charge in [-0.05, 0) is 77.4 Å². The van der Waals surface area contributed by atoms with Crippen molar-refractivity contribution in [2.45, 2.75) is 12.5 Å². The van der Waals surface area contributed by atoms with E-state index in [1.807, 2.05) is 60.8 Å². The molecule has 0 fully saturated rings. The third kappa shape index (κ3) is 5.23. The van der Waals surface area contributed by atoms with Gasteiger partial charge in [-0.15, -0.1) is 0 Å². The van der Waals surface area contributed by atoms with Crippen LogP contribution in [0.25, 0.3) is 0 Å². The first-order valence-electron chi connectivity index (χ1n) is 11.8. The number of hydrazone groups is 2. The molecular weight excluding hydrogens is 448 g/mol. The minimum Gasteiger partial charge on any atom is -0.497 e. The summed E-state index contributed by atoms with van der Waals surface area (Å²) in [5.41, 5.74) is 9.33. The van der Waals surface area contributed by atoms with E-state index < -0.39 is 0 Å². The zero-order valence-electron chi connectivity index (χ0n) is 20.3. The number of hydrogen-bond acceptors (Lipinski definition) is 6. The molecule has 0 saturated heterocycles. The topological polar surface area (TPSA) is 58.5 Å². The average molecular weight is 477 g/mol. The molecule has 0 aliphatic carbocycles. The molecule has 36 heavy (non-hydrogen) atoms. The highest BCUT2D eigenvalue weighted by Gasteiger charge is 2.30. The summed E-state index contributed by atoms with van der Waals surface area (Å²) in [7, 11) is 3.36. The van der Waals surface area contributed by atoms with Crippen molar-refractivity contribution in [1.82, 2.24) is 0 Å². The Balaban J connectivity index is 1.39. The summed E-state index contributed by atoms with van der Waals surface area (Å²) >= 11 is 0. The maximum atomic E-state index is 5.36. The summed E-state index contributed by atoms with van der Waals surface area (Å²) in [6.45, 7) is 0. The summed E-state index contributed by atoms with van der Waals surface area (Å²) in [6, 6.07) is 34.5. The molecule has 6 heteroatoms. The van der Waals surface area contributed by atoms with Crippen LogP contribution in [0.3, 0.4) is 0 Å². The lowest BCUT2D eigenvalue weighted by molar-refractivity contribution is 0.414. The first-order valence-corrected chi connectivity index (χ1v) is 11.8. The van der Waals surface area contributed by atoms with Gasteiger partial charge in [-0.3, -0.25) is 10.4 Å². The van der Waals surface area contributed by atoms with E-state index in [-0.39, 0.29) is 6.04 Å². The van der Waals surface area contributed by atoms with Gasteiger partial charge in [-0.2, -0.15) is 10.2 Å². The maximum absolute atomic E-state index is 5.36. The molecule has 1 atom stereocenters. The van der Waals surface area contributed by atoms with Crippen LogP contribution in [0.15, 0.2) is 113 Å². The van der Waals surface area contributed by atoms with E-state index in [1.54, 1.807) is 14.2 Å². The zero-order valence-corrected chi connectivity index (χ0v) is 20.3. The van der Waals surface area contributed by atoms with Crippen molar-refractivity contribution < 1.29 is 9.47 Å². The Morgan fingerprint density at radius 2 is 1.44 bits per heavy atom. The van der Waals surface area contributed by atoms with Crippen molar-refractivity contribution in [3.8, 4) is 11.5 Å². The van der Waals surface area contributed by atoms with Crippen LogP contribution in [0.4, 0.5) is 11.4 Å². The molecule has 4 aromatic carbocycles. The Morgan fingerprint density at radius 3 is 2.08 bits per heavy atom. The van der Waals surface area contributed by atoms with Crippen LogP contribution in [0.1, 0.15) is 29.2 Å². The van der Waals surface area contributed by atoms with Gasteiger partial charge < -0.3 is 9.47 Å². The Hall–Kier alpha value is -4.58. The number of nitrogens with zero attached hydrogens (tertiary/aromatic N) is 3. The molecule has 1 aliphatic heterocycles. The van der Waals surface area contributed by atoms with Gasteiger partial charge in [0, 0.05) is 6.42 Å². The highest BCUT2D eigenvalue weighted by atomic mass is 16.5. The molecule has 4 aromatic rings. The first-order chi connectivity index (χ1) is 17.7. The van der Waals surface area contributed by atoms with Gasteiger partial charge in [-0.25, -0.2) is 0 Å². The van der Waals surface area contributed by atoms with Crippen molar-refractivity contribution in [2.24, 2.45) is 10.2 Å². The lowest BCUT2D eigenvalue weighted by Crippen LogP contribution is -2.18. The minimum absolute atomic E-state index is 0.0762. The van der Waals surface area contributed by atoms with E-state index in [9.17, 15) is 0 Å². The third-order valence-electron chi connectivity index (χ3n) is 6.17. The predicted octanol–water partition coefficient (Wildman–Crippen LogP) is 6.51. The molecule has 180 valence electrons. The zero-order chi connectivity index (χ0) is 24.7. The fraction of sp³-hybridized carbons (Fsp3) is 0.133. The fourth-order valence-electron chi connectivity index (χ4n) is 4.20. The fourth-order valence-corrected chi connectivity index (χ4v) is 4.20. The van der Waals surface area contributed by atoms with E-state index >= 15 is 0 Å². The van der Waals surface area contributed by atoms with Crippen molar-refractivity contribution >= 4 is 23.3 Å². The highest BCUT2D eigenvalue weighted by Crippen LogP contribution is 2.37. The molecule has 1 aliphatic rings. The molecule has 0 saturated carbocycles. The smallest absolute Gasteiger partial charge is 0.118 e. The standard InChI is InChI=1S/C30H28N4O2/c1-35-27-16-10-23(11-17-27)29-20-30(24-12-18-28(36-2)19-13-24)34(33-29)26-14-8-22(9-15-26)21-31-32-25-6-4-3-5-7-25/h3-19,21,30,32H,20H2,1-2H3. The SMILES string of the molecule is COc1ccc(C2=NN(c3ccc(C=NNc4ccccc4)cc3)C(c3ccc(OC)cc3)C2)cc1. The Bertz CT molecular complexity index is 1330. The van der Waals surface area contributed by atoms with E-state index in [0.717, 1.165) is 46.1 Å². The monoisotopic (exact) mass is 476 g/mol. The number of anilines is 2. The molecule has 0 amide bonds. The predicted molar refractivity (Wildman–Crippen MR) is 146 cm³/mol. The molecule has 6 nitrogen and oxygen atoms in total. The van der Waals surface area contributed by atoms with Gasteiger partial charge in [0.15, 0.2) is 0 Å². The number of nitrogens with one attached hydrogen (secondary N) is 1. The van der Waals surface area contributed by atoms with Crippen molar-refractivity contribution in [3.05, 3.63) is 120 Å². The Labute approximate surface area is 211 Å². The molecule has 0 bridgehead atoms. The normalized spacial score (nSPS) is 15.1. The summed E-state index contributed by atoms with van der Waals surface area (Å²) in [5.74, 6) is 1.67. The van der Waals surface area contributed by atoms with Crippen LogP contribution in [-0.2, 0) is 0 Å². The first kappa shape index (κ1) is 23.2. The van der Waals surface area contributed by atoms with Gasteiger partial charge in [0.2, 0.25) is 0 Å². The van der Waals surface area contributed by atoms with Crippen LogP contribution in [0.2, 0.25) is 0 Å². The van der Waals surface area contributed by atoms with Crippen molar-refractivity contribution in [2.75, 3.05) is 24.7 Å². The number of ether oxygens (including phenoxy) is 2. The summed E-state index contributed by atoms with van der Waals surface area (Å²) in [6.07, 6.45) is 2.61. The second-order valence-corrected chi connectivity index (χ2v) is 8.44. The van der Waals surface area contributed by atoms with Crippen LogP contribution < -0.4 is 19.9 Å². The Kier molecular flexibility index (Phi) is 6.94. The van der Waals surface area contributed by atoms with Gasteiger partial charge in [0.25, 0.3) is 0 Å². The molecule has 1 heterocycles. The van der Waals surface area contributed by atoms with E-state index in [0.29, 0.717) is 0 Å². The average Bonchev–Trinajstić information content (AvgIpc) is 3.40. The number of para-hydroxylation sites is 1. The van der Waals surface area contributed by atoms with Crippen molar-refractivity contribution in [3.63, 3.8) is 0 Å². The van der Waals surface area contributed by atoms with Gasteiger partial charge in [-0.1, -0.05) is 42.5 Å². The summed E-state index contributed by atoms with van der Waals surface area (Å²) in [5, 5.41) is 11.5. The minimum atomic E-state index is 0.0762. The summed E-state index contributed by atoms with van der Waals surface area (Å²) in [4.78, 5) is 0. The van der Waals surface area contributed by atoms with Gasteiger partial charge in [0.1, 0.15) is 11.5 Å². The maximum Gasteiger partial charge on any atom is 0.118 e. The quantitative estimate of drug-likeness (QED) is 0.233. The number of methoxy groups -OCH3 is 2.